The molecule has 2 heterocycles. The number of hydrogen-bond donors (Lipinski definition) is 1. The maximum absolute atomic E-state index is 12.5. The Bertz CT molecular complexity index is 1250. The standard InChI is InChI=1S/C26H25Cl2N3O/c1-3-17(2)29-25(32)15-13-23-26(18-8-11-20(27)12-9-18)30-24-14-10-19(16-31(23)24)21-6-4-5-7-22(21)28/h4-12,14,16-17H,3,13,15H2,1-2H3,(H,29,32). The van der Waals surface area contributed by atoms with E-state index < -0.39 is 0 Å². The number of nitrogens with one attached hydrogen (secondary N) is 1. The van der Waals surface area contributed by atoms with Crippen LogP contribution in [0.4, 0.5) is 0 Å². The van der Waals surface area contributed by atoms with Crippen molar-refractivity contribution in [1.82, 2.24) is 14.7 Å². The molecular weight excluding hydrogens is 441 g/mol. The van der Waals surface area contributed by atoms with Gasteiger partial charge in [0, 0.05) is 39.8 Å². The molecule has 0 saturated heterocycles. The van der Waals surface area contributed by atoms with Gasteiger partial charge in [-0.25, -0.2) is 4.98 Å². The van der Waals surface area contributed by atoms with Crippen molar-refractivity contribution >= 4 is 34.8 Å². The highest BCUT2D eigenvalue weighted by molar-refractivity contribution is 6.33. The first-order valence-electron chi connectivity index (χ1n) is 10.8. The second kappa shape index (κ2) is 9.76. The number of fused-ring (bicyclic) bond motifs is 1. The van der Waals surface area contributed by atoms with Crippen LogP contribution in [0, 0.1) is 0 Å². The summed E-state index contributed by atoms with van der Waals surface area (Å²) in [6.45, 7) is 4.07. The molecule has 0 saturated carbocycles. The van der Waals surface area contributed by atoms with Crippen LogP contribution in [0.15, 0.2) is 66.9 Å². The number of aromatic nitrogens is 2. The zero-order valence-electron chi connectivity index (χ0n) is 18.1. The molecule has 0 aliphatic heterocycles. The largest absolute Gasteiger partial charge is 0.354 e. The molecule has 2 aromatic carbocycles. The normalized spacial score (nSPS) is 12.1. The molecule has 6 heteroatoms. The van der Waals surface area contributed by atoms with Gasteiger partial charge >= 0.3 is 0 Å². The molecule has 0 aliphatic carbocycles. The number of hydrogen-bond acceptors (Lipinski definition) is 2. The number of carbonyl (C=O) groups is 1. The molecule has 4 nitrogen and oxygen atoms in total. The van der Waals surface area contributed by atoms with E-state index in [1.165, 1.54) is 0 Å². The summed E-state index contributed by atoms with van der Waals surface area (Å²) in [5.41, 5.74) is 5.58. The van der Waals surface area contributed by atoms with Gasteiger partial charge in [-0.1, -0.05) is 60.5 Å². The lowest BCUT2D eigenvalue weighted by atomic mass is 10.1. The Morgan fingerprint density at radius 2 is 1.75 bits per heavy atom. The second-order valence-corrected chi connectivity index (χ2v) is 8.76. The number of benzene rings is 2. The number of pyridine rings is 1. The van der Waals surface area contributed by atoms with Gasteiger partial charge in [-0.3, -0.25) is 4.79 Å². The fourth-order valence-corrected chi connectivity index (χ4v) is 4.08. The van der Waals surface area contributed by atoms with Gasteiger partial charge in [0.2, 0.25) is 5.91 Å². The van der Waals surface area contributed by atoms with Crippen molar-refractivity contribution in [2.24, 2.45) is 0 Å². The van der Waals surface area contributed by atoms with E-state index in [0.717, 1.165) is 40.1 Å². The average Bonchev–Trinajstić information content (AvgIpc) is 3.16. The number of rotatable bonds is 7. The molecule has 1 unspecified atom stereocenters. The molecule has 0 fully saturated rings. The van der Waals surface area contributed by atoms with E-state index in [2.05, 4.69) is 16.6 Å². The van der Waals surface area contributed by atoms with Crippen molar-refractivity contribution in [2.75, 3.05) is 0 Å². The molecule has 0 spiro atoms. The van der Waals surface area contributed by atoms with Crippen LogP contribution in [-0.2, 0) is 11.2 Å². The van der Waals surface area contributed by atoms with Gasteiger partial charge in [0.1, 0.15) is 5.65 Å². The maximum atomic E-state index is 12.5. The van der Waals surface area contributed by atoms with Crippen LogP contribution in [0.3, 0.4) is 0 Å². The summed E-state index contributed by atoms with van der Waals surface area (Å²) in [7, 11) is 0. The first-order chi connectivity index (χ1) is 15.5. The molecule has 4 rings (SSSR count). The van der Waals surface area contributed by atoms with Crippen molar-refractivity contribution in [3.63, 3.8) is 0 Å². The Morgan fingerprint density at radius 1 is 1.03 bits per heavy atom. The third-order valence-corrected chi connectivity index (χ3v) is 6.21. The lowest BCUT2D eigenvalue weighted by Crippen LogP contribution is -2.32. The van der Waals surface area contributed by atoms with Crippen LogP contribution in [0.2, 0.25) is 10.0 Å². The zero-order valence-corrected chi connectivity index (χ0v) is 19.6. The number of amides is 1. The topological polar surface area (TPSA) is 46.4 Å². The van der Waals surface area contributed by atoms with Crippen LogP contribution in [0.1, 0.15) is 32.4 Å². The molecule has 0 radical (unpaired) electrons. The zero-order chi connectivity index (χ0) is 22.7. The summed E-state index contributed by atoms with van der Waals surface area (Å²) in [5.74, 6) is 0.0404. The summed E-state index contributed by atoms with van der Waals surface area (Å²) in [4.78, 5) is 17.4. The van der Waals surface area contributed by atoms with E-state index in [4.69, 9.17) is 28.2 Å². The van der Waals surface area contributed by atoms with Gasteiger partial charge in [0.25, 0.3) is 0 Å². The molecule has 1 atom stereocenters. The predicted molar refractivity (Wildman–Crippen MR) is 132 cm³/mol. The molecule has 164 valence electrons. The van der Waals surface area contributed by atoms with E-state index in [1.807, 2.05) is 73.8 Å². The summed E-state index contributed by atoms with van der Waals surface area (Å²) in [6.07, 6.45) is 3.89. The number of halogens is 2. The maximum Gasteiger partial charge on any atom is 0.220 e. The van der Waals surface area contributed by atoms with Gasteiger partial charge in [-0.2, -0.15) is 0 Å². The van der Waals surface area contributed by atoms with Crippen molar-refractivity contribution in [3.05, 3.63) is 82.6 Å². The van der Waals surface area contributed by atoms with Crippen molar-refractivity contribution in [1.29, 1.82) is 0 Å². The first kappa shape index (κ1) is 22.4. The molecule has 1 N–H and O–H groups in total. The van der Waals surface area contributed by atoms with E-state index >= 15 is 0 Å². The molecule has 0 bridgehead atoms. The van der Waals surface area contributed by atoms with Crippen LogP contribution in [-0.4, -0.2) is 21.3 Å². The minimum atomic E-state index is 0.0404. The van der Waals surface area contributed by atoms with Crippen LogP contribution < -0.4 is 5.32 Å². The van der Waals surface area contributed by atoms with Gasteiger partial charge in [-0.15, -0.1) is 0 Å². The lowest BCUT2D eigenvalue weighted by Gasteiger charge is -2.12. The van der Waals surface area contributed by atoms with Crippen LogP contribution >= 0.6 is 23.2 Å². The predicted octanol–water partition coefficient (Wildman–Crippen LogP) is 6.82. The molecule has 32 heavy (non-hydrogen) atoms. The third-order valence-electron chi connectivity index (χ3n) is 5.63. The van der Waals surface area contributed by atoms with Gasteiger partial charge < -0.3 is 9.72 Å². The minimum Gasteiger partial charge on any atom is -0.354 e. The van der Waals surface area contributed by atoms with Crippen LogP contribution in [0.25, 0.3) is 28.0 Å². The van der Waals surface area contributed by atoms with E-state index in [9.17, 15) is 4.79 Å². The highest BCUT2D eigenvalue weighted by Gasteiger charge is 2.17. The van der Waals surface area contributed by atoms with Crippen molar-refractivity contribution in [2.45, 2.75) is 39.2 Å². The second-order valence-electron chi connectivity index (χ2n) is 7.92. The summed E-state index contributed by atoms with van der Waals surface area (Å²) in [6, 6.07) is 19.6. The average molecular weight is 466 g/mol. The highest BCUT2D eigenvalue weighted by Crippen LogP contribution is 2.31. The van der Waals surface area contributed by atoms with Crippen molar-refractivity contribution < 1.29 is 4.79 Å². The number of aryl methyl sites for hydroxylation is 1. The lowest BCUT2D eigenvalue weighted by molar-refractivity contribution is -0.121. The Morgan fingerprint density at radius 3 is 2.47 bits per heavy atom. The Kier molecular flexibility index (Phi) is 6.83. The quantitative estimate of drug-likeness (QED) is 0.325. The van der Waals surface area contributed by atoms with Gasteiger partial charge in [-0.05, 0) is 55.7 Å². The molecular formula is C26H25Cl2N3O. The van der Waals surface area contributed by atoms with E-state index in [0.29, 0.717) is 22.9 Å². The highest BCUT2D eigenvalue weighted by atomic mass is 35.5. The number of imidazole rings is 1. The Hall–Kier alpha value is -2.82. The third kappa shape index (κ3) is 4.82. The van der Waals surface area contributed by atoms with Gasteiger partial charge in [0.05, 0.1) is 11.4 Å². The number of nitrogens with zero attached hydrogens (tertiary/aromatic N) is 2. The summed E-state index contributed by atoms with van der Waals surface area (Å²) >= 11 is 12.5. The summed E-state index contributed by atoms with van der Waals surface area (Å²) in [5, 5.41) is 4.42. The Labute approximate surface area is 198 Å². The Balaban J connectivity index is 1.77. The number of carbonyl (C=O) groups excluding carboxylic acids is 1. The fraction of sp³-hybridized carbons (Fsp3) is 0.231. The molecule has 1 amide bonds. The van der Waals surface area contributed by atoms with Crippen LogP contribution in [0.5, 0.6) is 0 Å². The molecule has 4 aromatic rings. The first-order valence-corrected chi connectivity index (χ1v) is 11.5. The van der Waals surface area contributed by atoms with Gasteiger partial charge in [0.15, 0.2) is 0 Å². The molecule has 2 aromatic heterocycles. The summed E-state index contributed by atoms with van der Waals surface area (Å²) < 4.78 is 2.07. The monoisotopic (exact) mass is 465 g/mol. The van der Waals surface area contributed by atoms with E-state index in [1.54, 1.807) is 0 Å². The smallest absolute Gasteiger partial charge is 0.220 e. The van der Waals surface area contributed by atoms with Crippen molar-refractivity contribution in [3.8, 4) is 22.4 Å². The van der Waals surface area contributed by atoms with E-state index in [-0.39, 0.29) is 11.9 Å². The minimum absolute atomic E-state index is 0.0404. The fourth-order valence-electron chi connectivity index (χ4n) is 3.71. The molecule has 0 aliphatic rings. The SMILES string of the molecule is CCC(C)NC(=O)CCc1c(-c2ccc(Cl)cc2)nc2ccc(-c3ccccc3Cl)cn12.